The molecular formula is C24H48O4. The Balaban J connectivity index is 3.15. The number of carboxylic acid groups (broad SMARTS) is 1. The van der Waals surface area contributed by atoms with Crippen LogP contribution in [0.15, 0.2) is 0 Å². The first-order valence-electron chi connectivity index (χ1n) is 12.1. The molecule has 0 rings (SSSR count). The molecule has 0 aliphatic heterocycles. The van der Waals surface area contributed by atoms with Crippen molar-refractivity contribution >= 4 is 5.97 Å². The lowest BCUT2D eigenvalue weighted by Gasteiger charge is -2.12. The molecule has 4 heteroatoms. The summed E-state index contributed by atoms with van der Waals surface area (Å²) in [6, 6.07) is 0. The van der Waals surface area contributed by atoms with Crippen LogP contribution in [0, 0.1) is 0 Å². The van der Waals surface area contributed by atoms with Crippen molar-refractivity contribution in [3.8, 4) is 0 Å². The molecule has 0 radical (unpaired) electrons. The lowest BCUT2D eigenvalue weighted by molar-refractivity contribution is -0.151. The van der Waals surface area contributed by atoms with Crippen LogP contribution >= 0.6 is 0 Å². The van der Waals surface area contributed by atoms with Gasteiger partial charge in [-0.2, -0.15) is 0 Å². The number of unbranched alkanes of at least 4 members (excludes halogenated alkanes) is 15. The average Bonchev–Trinajstić information content (AvgIpc) is 2.68. The number of ether oxygens (including phenoxy) is 2. The van der Waals surface area contributed by atoms with E-state index in [0.29, 0.717) is 19.6 Å². The SMILES string of the molecule is CCCCCCCCCCCCCCCCCCOCCC(OCC)C(=O)O. The zero-order valence-corrected chi connectivity index (χ0v) is 18.9. The van der Waals surface area contributed by atoms with Gasteiger partial charge in [-0.1, -0.05) is 103 Å². The minimum atomic E-state index is -0.896. The largest absolute Gasteiger partial charge is 0.479 e. The van der Waals surface area contributed by atoms with Crippen molar-refractivity contribution in [3.63, 3.8) is 0 Å². The van der Waals surface area contributed by atoms with Gasteiger partial charge in [-0.15, -0.1) is 0 Å². The minimum Gasteiger partial charge on any atom is -0.479 e. The van der Waals surface area contributed by atoms with Crippen LogP contribution < -0.4 is 0 Å². The molecule has 0 aliphatic carbocycles. The van der Waals surface area contributed by atoms with Crippen LogP contribution in [0.3, 0.4) is 0 Å². The summed E-state index contributed by atoms with van der Waals surface area (Å²) in [5.74, 6) is -0.896. The molecule has 1 atom stereocenters. The predicted molar refractivity (Wildman–Crippen MR) is 118 cm³/mol. The summed E-state index contributed by atoms with van der Waals surface area (Å²) in [5, 5.41) is 8.98. The van der Waals surface area contributed by atoms with E-state index in [1.165, 1.54) is 96.3 Å². The quantitative estimate of drug-likeness (QED) is 0.185. The molecule has 0 fully saturated rings. The van der Waals surface area contributed by atoms with Crippen LogP contribution in [0.2, 0.25) is 0 Å². The van der Waals surface area contributed by atoms with Gasteiger partial charge in [-0.05, 0) is 13.3 Å². The topological polar surface area (TPSA) is 55.8 Å². The molecule has 0 aromatic rings. The van der Waals surface area contributed by atoms with Crippen LogP contribution in [-0.2, 0) is 14.3 Å². The molecule has 0 heterocycles. The van der Waals surface area contributed by atoms with Crippen LogP contribution in [0.25, 0.3) is 0 Å². The molecule has 0 saturated heterocycles. The van der Waals surface area contributed by atoms with Crippen molar-refractivity contribution in [3.05, 3.63) is 0 Å². The fourth-order valence-corrected chi connectivity index (χ4v) is 3.52. The summed E-state index contributed by atoms with van der Waals surface area (Å²) in [6.45, 7) is 5.72. The van der Waals surface area contributed by atoms with Crippen LogP contribution in [0.4, 0.5) is 0 Å². The molecule has 0 aromatic carbocycles. The van der Waals surface area contributed by atoms with Gasteiger partial charge in [0.2, 0.25) is 0 Å². The zero-order chi connectivity index (χ0) is 20.7. The third-order valence-corrected chi connectivity index (χ3v) is 5.31. The van der Waals surface area contributed by atoms with E-state index in [1.54, 1.807) is 0 Å². The fraction of sp³-hybridized carbons (Fsp3) is 0.958. The molecule has 28 heavy (non-hydrogen) atoms. The predicted octanol–water partition coefficient (Wildman–Crippen LogP) is 7.14. The second-order valence-electron chi connectivity index (χ2n) is 7.99. The summed E-state index contributed by atoms with van der Waals surface area (Å²) >= 11 is 0. The Morgan fingerprint density at radius 1 is 0.679 bits per heavy atom. The monoisotopic (exact) mass is 400 g/mol. The van der Waals surface area contributed by atoms with E-state index in [4.69, 9.17) is 14.6 Å². The summed E-state index contributed by atoms with van der Waals surface area (Å²) in [4.78, 5) is 10.9. The number of hydrogen-bond donors (Lipinski definition) is 1. The van der Waals surface area contributed by atoms with Crippen LogP contribution in [0.5, 0.6) is 0 Å². The molecule has 0 amide bonds. The Labute approximate surface area is 174 Å². The second kappa shape index (κ2) is 22.7. The third-order valence-electron chi connectivity index (χ3n) is 5.31. The molecule has 0 spiro atoms. The number of hydrogen-bond acceptors (Lipinski definition) is 3. The first-order valence-corrected chi connectivity index (χ1v) is 12.1. The van der Waals surface area contributed by atoms with Gasteiger partial charge in [0.1, 0.15) is 0 Å². The lowest BCUT2D eigenvalue weighted by atomic mass is 10.0. The molecule has 0 aliphatic rings. The molecule has 168 valence electrons. The number of aliphatic carboxylic acids is 1. The Morgan fingerprint density at radius 2 is 1.11 bits per heavy atom. The molecule has 1 unspecified atom stereocenters. The highest BCUT2D eigenvalue weighted by Crippen LogP contribution is 2.13. The summed E-state index contributed by atoms with van der Waals surface area (Å²) < 4.78 is 10.7. The Bertz CT molecular complexity index is 320. The van der Waals surface area contributed by atoms with Gasteiger partial charge in [0.05, 0.1) is 0 Å². The molecular weight excluding hydrogens is 352 g/mol. The van der Waals surface area contributed by atoms with E-state index in [2.05, 4.69) is 6.92 Å². The lowest BCUT2D eigenvalue weighted by Crippen LogP contribution is -2.25. The van der Waals surface area contributed by atoms with Crippen molar-refractivity contribution in [2.45, 2.75) is 129 Å². The highest BCUT2D eigenvalue weighted by atomic mass is 16.5. The van der Waals surface area contributed by atoms with Crippen molar-refractivity contribution in [1.29, 1.82) is 0 Å². The molecule has 0 bridgehead atoms. The van der Waals surface area contributed by atoms with Crippen molar-refractivity contribution < 1.29 is 19.4 Å². The highest BCUT2D eigenvalue weighted by Gasteiger charge is 2.16. The average molecular weight is 401 g/mol. The Morgan fingerprint density at radius 3 is 1.50 bits per heavy atom. The molecule has 0 saturated carbocycles. The van der Waals surface area contributed by atoms with E-state index in [-0.39, 0.29) is 0 Å². The maximum Gasteiger partial charge on any atom is 0.332 e. The molecule has 0 aromatic heterocycles. The van der Waals surface area contributed by atoms with E-state index in [0.717, 1.165) is 13.0 Å². The smallest absolute Gasteiger partial charge is 0.332 e. The van der Waals surface area contributed by atoms with Gasteiger partial charge in [-0.25, -0.2) is 4.79 Å². The van der Waals surface area contributed by atoms with Gasteiger partial charge in [0, 0.05) is 26.2 Å². The standard InChI is InChI=1S/C24H48O4/c1-3-5-6-7-8-9-10-11-12-13-14-15-16-17-18-19-21-27-22-20-23(24(25)26)28-4-2/h23H,3-22H2,1-2H3,(H,25,26). The van der Waals surface area contributed by atoms with Gasteiger partial charge < -0.3 is 14.6 Å². The van der Waals surface area contributed by atoms with Gasteiger partial charge in [0.25, 0.3) is 0 Å². The number of carboxylic acids is 1. The van der Waals surface area contributed by atoms with E-state index >= 15 is 0 Å². The molecule has 4 nitrogen and oxygen atoms in total. The summed E-state index contributed by atoms with van der Waals surface area (Å²) in [6.07, 6.45) is 21.6. The van der Waals surface area contributed by atoms with Crippen LogP contribution in [-0.4, -0.2) is 37.0 Å². The van der Waals surface area contributed by atoms with Crippen molar-refractivity contribution in [1.82, 2.24) is 0 Å². The highest BCUT2D eigenvalue weighted by molar-refractivity contribution is 5.72. The Hall–Kier alpha value is -0.610. The van der Waals surface area contributed by atoms with Crippen LogP contribution in [0.1, 0.15) is 123 Å². The van der Waals surface area contributed by atoms with E-state index in [1.807, 2.05) is 6.92 Å². The summed E-state index contributed by atoms with van der Waals surface area (Å²) in [7, 11) is 0. The van der Waals surface area contributed by atoms with Gasteiger partial charge >= 0.3 is 5.97 Å². The normalized spacial score (nSPS) is 12.4. The minimum absolute atomic E-state index is 0.427. The number of carbonyl (C=O) groups is 1. The maximum absolute atomic E-state index is 10.9. The maximum atomic E-state index is 10.9. The molecule has 1 N–H and O–H groups in total. The van der Waals surface area contributed by atoms with Crippen molar-refractivity contribution in [2.24, 2.45) is 0 Å². The first-order chi connectivity index (χ1) is 13.7. The van der Waals surface area contributed by atoms with E-state index < -0.39 is 12.1 Å². The van der Waals surface area contributed by atoms with E-state index in [9.17, 15) is 4.79 Å². The number of rotatable bonds is 23. The van der Waals surface area contributed by atoms with Gasteiger partial charge in [-0.3, -0.25) is 0 Å². The van der Waals surface area contributed by atoms with Gasteiger partial charge in [0.15, 0.2) is 6.10 Å². The summed E-state index contributed by atoms with van der Waals surface area (Å²) in [5.41, 5.74) is 0. The second-order valence-corrected chi connectivity index (χ2v) is 7.99. The first kappa shape index (κ1) is 27.4. The Kier molecular flexibility index (Phi) is 22.2. The zero-order valence-electron chi connectivity index (χ0n) is 18.9. The fourth-order valence-electron chi connectivity index (χ4n) is 3.52. The third kappa shape index (κ3) is 20.1. The van der Waals surface area contributed by atoms with Crippen molar-refractivity contribution in [2.75, 3.05) is 19.8 Å².